The summed E-state index contributed by atoms with van der Waals surface area (Å²) in [5.74, 6) is 0.812. The predicted octanol–water partition coefficient (Wildman–Crippen LogP) is 1.68. The summed E-state index contributed by atoms with van der Waals surface area (Å²) >= 11 is 0. The zero-order valence-corrected chi connectivity index (χ0v) is 11.9. The van der Waals surface area contributed by atoms with Gasteiger partial charge in [-0.25, -0.2) is 0 Å². The van der Waals surface area contributed by atoms with E-state index >= 15 is 0 Å². The third kappa shape index (κ3) is 4.13. The Morgan fingerprint density at radius 2 is 2.20 bits per heavy atom. The lowest BCUT2D eigenvalue weighted by atomic mass is 10.1. The lowest BCUT2D eigenvalue weighted by molar-refractivity contribution is -0.134. The second-order valence-corrected chi connectivity index (χ2v) is 5.02. The van der Waals surface area contributed by atoms with Crippen LogP contribution in [0.2, 0.25) is 0 Å². The SMILES string of the molecule is CN(C(=O)CCOc1cccc(N)c1)C1CCOCC1. The van der Waals surface area contributed by atoms with Crippen molar-refractivity contribution in [1.29, 1.82) is 0 Å². The van der Waals surface area contributed by atoms with Crippen LogP contribution in [-0.2, 0) is 9.53 Å². The molecule has 0 unspecified atom stereocenters. The maximum atomic E-state index is 12.1. The highest BCUT2D eigenvalue weighted by Gasteiger charge is 2.22. The van der Waals surface area contributed by atoms with Crippen molar-refractivity contribution in [2.24, 2.45) is 0 Å². The van der Waals surface area contributed by atoms with Crippen molar-refractivity contribution in [1.82, 2.24) is 4.90 Å². The van der Waals surface area contributed by atoms with Gasteiger partial charge in [-0.1, -0.05) is 6.07 Å². The summed E-state index contributed by atoms with van der Waals surface area (Å²) in [6, 6.07) is 7.52. The van der Waals surface area contributed by atoms with Gasteiger partial charge in [-0.15, -0.1) is 0 Å². The first-order valence-electron chi connectivity index (χ1n) is 6.98. The molecule has 1 heterocycles. The molecular weight excluding hydrogens is 256 g/mol. The van der Waals surface area contributed by atoms with E-state index in [4.69, 9.17) is 15.2 Å². The number of nitrogens with zero attached hydrogens (tertiary/aromatic N) is 1. The number of amides is 1. The molecule has 1 saturated heterocycles. The number of rotatable bonds is 5. The van der Waals surface area contributed by atoms with Crippen molar-refractivity contribution in [2.45, 2.75) is 25.3 Å². The van der Waals surface area contributed by atoms with E-state index < -0.39 is 0 Å². The van der Waals surface area contributed by atoms with Crippen LogP contribution in [0, 0.1) is 0 Å². The number of benzene rings is 1. The van der Waals surface area contributed by atoms with Gasteiger partial charge in [0, 0.05) is 38.1 Å². The van der Waals surface area contributed by atoms with Crippen molar-refractivity contribution >= 4 is 11.6 Å². The monoisotopic (exact) mass is 278 g/mol. The molecular formula is C15H22N2O3. The Morgan fingerprint density at radius 1 is 1.45 bits per heavy atom. The molecule has 0 aliphatic carbocycles. The summed E-state index contributed by atoms with van der Waals surface area (Å²) in [7, 11) is 1.86. The zero-order valence-electron chi connectivity index (χ0n) is 11.9. The van der Waals surface area contributed by atoms with Gasteiger partial charge in [-0.3, -0.25) is 4.79 Å². The van der Waals surface area contributed by atoms with Crippen LogP contribution in [0.4, 0.5) is 5.69 Å². The van der Waals surface area contributed by atoms with E-state index in [2.05, 4.69) is 0 Å². The Bertz CT molecular complexity index is 444. The second-order valence-electron chi connectivity index (χ2n) is 5.02. The van der Waals surface area contributed by atoms with Gasteiger partial charge in [-0.05, 0) is 25.0 Å². The number of hydrogen-bond donors (Lipinski definition) is 1. The molecule has 0 saturated carbocycles. The van der Waals surface area contributed by atoms with Crippen molar-refractivity contribution in [3.05, 3.63) is 24.3 Å². The molecule has 1 aliphatic heterocycles. The Labute approximate surface area is 119 Å². The summed E-state index contributed by atoms with van der Waals surface area (Å²) < 4.78 is 10.8. The molecule has 5 heteroatoms. The van der Waals surface area contributed by atoms with Crippen molar-refractivity contribution in [2.75, 3.05) is 32.6 Å². The minimum absolute atomic E-state index is 0.112. The highest BCUT2D eigenvalue weighted by Crippen LogP contribution is 2.16. The lowest BCUT2D eigenvalue weighted by Gasteiger charge is -2.31. The number of nitrogens with two attached hydrogens (primary N) is 1. The average molecular weight is 278 g/mol. The van der Waals surface area contributed by atoms with Gasteiger partial charge in [0.1, 0.15) is 5.75 Å². The van der Waals surface area contributed by atoms with E-state index in [1.807, 2.05) is 24.1 Å². The molecule has 1 aromatic rings. The van der Waals surface area contributed by atoms with Crippen LogP contribution in [0.5, 0.6) is 5.75 Å². The number of ether oxygens (including phenoxy) is 2. The maximum Gasteiger partial charge on any atom is 0.225 e. The van der Waals surface area contributed by atoms with Gasteiger partial charge in [0.15, 0.2) is 0 Å². The summed E-state index contributed by atoms with van der Waals surface area (Å²) in [5.41, 5.74) is 6.33. The molecule has 20 heavy (non-hydrogen) atoms. The largest absolute Gasteiger partial charge is 0.493 e. The Balaban J connectivity index is 1.74. The number of carbonyl (C=O) groups excluding carboxylic acids is 1. The zero-order chi connectivity index (χ0) is 14.4. The van der Waals surface area contributed by atoms with E-state index in [-0.39, 0.29) is 5.91 Å². The molecule has 5 nitrogen and oxygen atoms in total. The van der Waals surface area contributed by atoms with E-state index in [1.54, 1.807) is 12.1 Å². The smallest absolute Gasteiger partial charge is 0.225 e. The molecule has 0 aromatic heterocycles. The standard InChI is InChI=1S/C15H22N2O3/c1-17(13-5-8-19-9-6-13)15(18)7-10-20-14-4-2-3-12(16)11-14/h2-4,11,13H,5-10,16H2,1H3. The van der Waals surface area contributed by atoms with Gasteiger partial charge in [0.25, 0.3) is 0 Å². The summed E-state index contributed by atoms with van der Waals surface area (Å²) in [6.07, 6.45) is 2.21. The molecule has 1 amide bonds. The Morgan fingerprint density at radius 3 is 2.90 bits per heavy atom. The van der Waals surface area contributed by atoms with E-state index in [9.17, 15) is 4.79 Å². The van der Waals surface area contributed by atoms with Crippen molar-refractivity contribution in [3.8, 4) is 5.75 Å². The van der Waals surface area contributed by atoms with E-state index in [0.717, 1.165) is 26.1 Å². The molecule has 0 radical (unpaired) electrons. The fourth-order valence-corrected chi connectivity index (χ4v) is 2.31. The third-order valence-corrected chi connectivity index (χ3v) is 3.57. The van der Waals surface area contributed by atoms with E-state index in [1.165, 1.54) is 0 Å². The van der Waals surface area contributed by atoms with Gasteiger partial charge >= 0.3 is 0 Å². The van der Waals surface area contributed by atoms with Crippen molar-refractivity contribution < 1.29 is 14.3 Å². The quantitative estimate of drug-likeness (QED) is 0.832. The minimum Gasteiger partial charge on any atom is -0.493 e. The predicted molar refractivity (Wildman–Crippen MR) is 77.6 cm³/mol. The molecule has 2 rings (SSSR count). The van der Waals surface area contributed by atoms with Gasteiger partial charge in [-0.2, -0.15) is 0 Å². The molecule has 110 valence electrons. The fourth-order valence-electron chi connectivity index (χ4n) is 2.31. The van der Waals surface area contributed by atoms with Crippen LogP contribution >= 0.6 is 0 Å². The van der Waals surface area contributed by atoms with Crippen LogP contribution in [0.3, 0.4) is 0 Å². The molecule has 0 atom stereocenters. The highest BCUT2D eigenvalue weighted by molar-refractivity contribution is 5.76. The van der Waals surface area contributed by atoms with Crippen LogP contribution in [0.15, 0.2) is 24.3 Å². The average Bonchev–Trinajstić information content (AvgIpc) is 2.47. The topological polar surface area (TPSA) is 64.8 Å². The Kier molecular flexibility index (Phi) is 5.24. The summed E-state index contributed by atoms with van der Waals surface area (Å²) in [5, 5.41) is 0. The van der Waals surface area contributed by atoms with Crippen LogP contribution in [0.25, 0.3) is 0 Å². The minimum atomic E-state index is 0.112. The molecule has 1 fully saturated rings. The number of nitrogen functional groups attached to an aromatic ring is 1. The third-order valence-electron chi connectivity index (χ3n) is 3.57. The number of hydrogen-bond acceptors (Lipinski definition) is 4. The van der Waals surface area contributed by atoms with Crippen LogP contribution in [-0.4, -0.2) is 43.7 Å². The summed E-state index contributed by atoms with van der Waals surface area (Å²) in [6.45, 7) is 1.85. The first-order valence-corrected chi connectivity index (χ1v) is 6.98. The van der Waals surface area contributed by atoms with Crippen molar-refractivity contribution in [3.63, 3.8) is 0 Å². The summed E-state index contributed by atoms with van der Waals surface area (Å²) in [4.78, 5) is 13.9. The maximum absolute atomic E-state index is 12.1. The lowest BCUT2D eigenvalue weighted by Crippen LogP contribution is -2.41. The molecule has 2 N–H and O–H groups in total. The first-order chi connectivity index (χ1) is 9.66. The Hall–Kier alpha value is -1.75. The molecule has 1 aliphatic rings. The number of carbonyl (C=O) groups is 1. The number of anilines is 1. The molecule has 1 aromatic carbocycles. The van der Waals surface area contributed by atoms with Crippen LogP contribution in [0.1, 0.15) is 19.3 Å². The van der Waals surface area contributed by atoms with Gasteiger partial charge < -0.3 is 20.1 Å². The first kappa shape index (κ1) is 14.7. The van der Waals surface area contributed by atoms with E-state index in [0.29, 0.717) is 30.5 Å². The highest BCUT2D eigenvalue weighted by atomic mass is 16.5. The molecule has 0 spiro atoms. The molecule has 0 bridgehead atoms. The fraction of sp³-hybridized carbons (Fsp3) is 0.533. The second kappa shape index (κ2) is 7.14. The normalized spacial score (nSPS) is 15.8. The van der Waals surface area contributed by atoms with Gasteiger partial charge in [0.05, 0.1) is 13.0 Å². The van der Waals surface area contributed by atoms with Crippen LogP contribution < -0.4 is 10.5 Å². The van der Waals surface area contributed by atoms with Gasteiger partial charge in [0.2, 0.25) is 5.91 Å².